The largest absolute Gasteiger partial charge is 0.444 e. The Kier molecular flexibility index (Phi) is 12.0. The molecule has 196 valence electrons. The second kappa shape index (κ2) is 13.9. The maximum Gasteiger partial charge on any atom is 0.408 e. The molecule has 1 aromatic carbocycles. The van der Waals surface area contributed by atoms with Gasteiger partial charge in [-0.1, -0.05) is 51.5 Å². The highest BCUT2D eigenvalue weighted by Gasteiger charge is 2.36. The first-order valence-electron chi connectivity index (χ1n) is 12.6. The number of ether oxygens (including phenoxy) is 1. The highest BCUT2D eigenvalue weighted by molar-refractivity contribution is 5.92. The number of hydrogen-bond acceptors (Lipinski definition) is 4. The average Bonchev–Trinajstić information content (AvgIpc) is 2.73. The molecule has 7 heteroatoms. The van der Waals surface area contributed by atoms with Crippen molar-refractivity contribution in [1.29, 1.82) is 0 Å². The SMILES string of the molecule is C=CCN(C(=O)C(CC(C)C)NC(=O)OC(C)(C)C)C(C(=O)NCCCC)c1ccc(C)c(C)c1. The molecule has 35 heavy (non-hydrogen) atoms. The monoisotopic (exact) mass is 487 g/mol. The first-order chi connectivity index (χ1) is 16.3. The van der Waals surface area contributed by atoms with Crippen LogP contribution in [0.25, 0.3) is 0 Å². The number of alkyl carbamates (subject to hydrolysis) is 1. The first-order valence-corrected chi connectivity index (χ1v) is 12.6. The van der Waals surface area contributed by atoms with Crippen molar-refractivity contribution in [2.24, 2.45) is 5.92 Å². The molecule has 1 aromatic rings. The predicted octanol–water partition coefficient (Wildman–Crippen LogP) is 5.21. The molecule has 2 atom stereocenters. The van der Waals surface area contributed by atoms with E-state index in [1.807, 2.05) is 45.9 Å². The van der Waals surface area contributed by atoms with Gasteiger partial charge in [-0.2, -0.15) is 0 Å². The fourth-order valence-corrected chi connectivity index (χ4v) is 3.70. The normalized spacial score (nSPS) is 13.1. The van der Waals surface area contributed by atoms with Crippen molar-refractivity contribution >= 4 is 17.9 Å². The fraction of sp³-hybridized carbons (Fsp3) is 0.607. The zero-order chi connectivity index (χ0) is 26.8. The predicted molar refractivity (Wildman–Crippen MR) is 141 cm³/mol. The van der Waals surface area contributed by atoms with Gasteiger partial charge in [0.25, 0.3) is 0 Å². The third-order valence-corrected chi connectivity index (χ3v) is 5.54. The number of benzene rings is 1. The van der Waals surface area contributed by atoms with E-state index >= 15 is 0 Å². The minimum absolute atomic E-state index is 0.128. The van der Waals surface area contributed by atoms with Gasteiger partial charge in [0.1, 0.15) is 17.7 Å². The minimum atomic E-state index is -0.855. The third-order valence-electron chi connectivity index (χ3n) is 5.54. The van der Waals surface area contributed by atoms with Gasteiger partial charge in [0.15, 0.2) is 0 Å². The van der Waals surface area contributed by atoms with E-state index in [1.54, 1.807) is 26.8 Å². The molecule has 1 rings (SSSR count). The molecule has 0 heterocycles. The number of carbonyl (C=O) groups is 3. The Hall–Kier alpha value is -2.83. The number of unbranched alkanes of at least 4 members (excludes halogenated alkanes) is 1. The van der Waals surface area contributed by atoms with Gasteiger partial charge in [0, 0.05) is 13.1 Å². The van der Waals surface area contributed by atoms with Crippen molar-refractivity contribution in [2.45, 2.75) is 92.3 Å². The van der Waals surface area contributed by atoms with E-state index in [-0.39, 0.29) is 24.3 Å². The molecule has 2 unspecified atom stereocenters. The molecule has 3 amide bonds. The molecule has 0 spiro atoms. The van der Waals surface area contributed by atoms with E-state index in [9.17, 15) is 14.4 Å². The van der Waals surface area contributed by atoms with Gasteiger partial charge in [-0.3, -0.25) is 9.59 Å². The van der Waals surface area contributed by atoms with Crippen LogP contribution in [0.15, 0.2) is 30.9 Å². The van der Waals surface area contributed by atoms with E-state index in [2.05, 4.69) is 24.1 Å². The van der Waals surface area contributed by atoms with E-state index < -0.39 is 23.8 Å². The topological polar surface area (TPSA) is 87.7 Å². The standard InChI is InChI=1S/C28H45N3O4/c1-10-12-15-29-25(32)24(22-14-13-20(5)21(6)18-22)31(16-11-2)26(33)23(17-19(3)4)30-27(34)35-28(7,8)9/h11,13-14,18-19,23-24H,2,10,12,15-17H2,1,3-9H3,(H,29,32)(H,30,34). The van der Waals surface area contributed by atoms with Gasteiger partial charge in [0.2, 0.25) is 11.8 Å². The molecule has 0 bridgehead atoms. The molecule has 0 radical (unpaired) electrons. The minimum Gasteiger partial charge on any atom is -0.444 e. The zero-order valence-electron chi connectivity index (χ0n) is 22.9. The maximum atomic E-state index is 13.9. The lowest BCUT2D eigenvalue weighted by atomic mass is 9.97. The molecule has 0 saturated heterocycles. The summed E-state index contributed by atoms with van der Waals surface area (Å²) in [5, 5.41) is 5.73. The van der Waals surface area contributed by atoms with Crippen molar-refractivity contribution < 1.29 is 19.1 Å². The molecular weight excluding hydrogens is 442 g/mol. The summed E-state index contributed by atoms with van der Waals surface area (Å²) in [5.41, 5.74) is 2.16. The molecule has 7 nitrogen and oxygen atoms in total. The molecule has 0 fully saturated rings. The fourth-order valence-electron chi connectivity index (χ4n) is 3.70. The Morgan fingerprint density at radius 2 is 1.80 bits per heavy atom. The van der Waals surface area contributed by atoms with Crippen molar-refractivity contribution in [2.75, 3.05) is 13.1 Å². The summed E-state index contributed by atoms with van der Waals surface area (Å²) in [6, 6.07) is 4.09. The van der Waals surface area contributed by atoms with Gasteiger partial charge in [-0.15, -0.1) is 6.58 Å². The first kappa shape index (κ1) is 30.2. The summed E-state index contributed by atoms with van der Waals surface area (Å²) in [4.78, 5) is 41.4. The van der Waals surface area contributed by atoms with Crippen LogP contribution in [0.1, 0.15) is 83.5 Å². The summed E-state index contributed by atoms with van der Waals surface area (Å²) < 4.78 is 5.41. The second-order valence-electron chi connectivity index (χ2n) is 10.5. The van der Waals surface area contributed by atoms with Crippen molar-refractivity contribution in [3.63, 3.8) is 0 Å². The molecular formula is C28H45N3O4. The zero-order valence-corrected chi connectivity index (χ0v) is 22.9. The average molecular weight is 488 g/mol. The highest BCUT2D eigenvalue weighted by atomic mass is 16.6. The molecule has 2 N–H and O–H groups in total. The Bertz CT molecular complexity index is 873. The van der Waals surface area contributed by atoms with E-state index in [0.29, 0.717) is 13.0 Å². The van der Waals surface area contributed by atoms with Gasteiger partial charge in [0.05, 0.1) is 0 Å². The van der Waals surface area contributed by atoms with E-state index in [1.165, 1.54) is 4.90 Å². The highest BCUT2D eigenvalue weighted by Crippen LogP contribution is 2.26. The van der Waals surface area contributed by atoms with Crippen LogP contribution in [0.4, 0.5) is 4.79 Å². The Morgan fingerprint density at radius 1 is 1.14 bits per heavy atom. The van der Waals surface area contributed by atoms with Crippen molar-refractivity contribution in [3.8, 4) is 0 Å². The van der Waals surface area contributed by atoms with Crippen LogP contribution < -0.4 is 10.6 Å². The van der Waals surface area contributed by atoms with Gasteiger partial charge < -0.3 is 20.3 Å². The number of aryl methyl sites for hydroxylation is 2. The molecule has 0 saturated carbocycles. The third kappa shape index (κ3) is 10.1. The van der Waals surface area contributed by atoms with Crippen LogP contribution in [0.3, 0.4) is 0 Å². The van der Waals surface area contributed by atoms with Crippen LogP contribution in [-0.2, 0) is 14.3 Å². The maximum absolute atomic E-state index is 13.9. The van der Waals surface area contributed by atoms with Crippen LogP contribution in [0.2, 0.25) is 0 Å². The van der Waals surface area contributed by atoms with Crippen LogP contribution in [0.5, 0.6) is 0 Å². The number of nitrogens with zero attached hydrogens (tertiary/aromatic N) is 1. The van der Waals surface area contributed by atoms with Crippen LogP contribution in [0, 0.1) is 19.8 Å². The summed E-state index contributed by atoms with van der Waals surface area (Å²) >= 11 is 0. The Balaban J connectivity index is 3.43. The lowest BCUT2D eigenvalue weighted by molar-refractivity contribution is -0.142. The van der Waals surface area contributed by atoms with Crippen molar-refractivity contribution in [1.82, 2.24) is 15.5 Å². The second-order valence-corrected chi connectivity index (χ2v) is 10.5. The van der Waals surface area contributed by atoms with Crippen LogP contribution in [-0.4, -0.2) is 47.5 Å². The Morgan fingerprint density at radius 3 is 2.31 bits per heavy atom. The van der Waals surface area contributed by atoms with Crippen molar-refractivity contribution in [3.05, 3.63) is 47.5 Å². The molecule has 0 aliphatic carbocycles. The molecule has 0 aliphatic rings. The summed E-state index contributed by atoms with van der Waals surface area (Å²) in [6.45, 7) is 19.8. The number of nitrogens with one attached hydrogen (secondary N) is 2. The quantitative estimate of drug-likeness (QED) is 0.313. The van der Waals surface area contributed by atoms with Gasteiger partial charge in [-0.05, 0) is 70.1 Å². The smallest absolute Gasteiger partial charge is 0.408 e. The number of amides is 3. The number of carbonyl (C=O) groups excluding carboxylic acids is 3. The van der Waals surface area contributed by atoms with Gasteiger partial charge >= 0.3 is 6.09 Å². The summed E-state index contributed by atoms with van der Waals surface area (Å²) in [5.74, 6) is -0.473. The lowest BCUT2D eigenvalue weighted by Gasteiger charge is -2.34. The van der Waals surface area contributed by atoms with Crippen LogP contribution >= 0.6 is 0 Å². The lowest BCUT2D eigenvalue weighted by Crippen LogP contribution is -2.53. The van der Waals surface area contributed by atoms with E-state index in [0.717, 1.165) is 29.5 Å². The number of rotatable bonds is 12. The summed E-state index contributed by atoms with van der Waals surface area (Å²) in [6.07, 6.45) is 3.13. The summed E-state index contributed by atoms with van der Waals surface area (Å²) in [7, 11) is 0. The molecule has 0 aromatic heterocycles. The molecule has 0 aliphatic heterocycles. The Labute approximate surface area is 211 Å². The number of hydrogen-bond donors (Lipinski definition) is 2. The van der Waals surface area contributed by atoms with Gasteiger partial charge in [-0.25, -0.2) is 4.79 Å². The van der Waals surface area contributed by atoms with E-state index in [4.69, 9.17) is 4.74 Å².